The van der Waals surface area contributed by atoms with Crippen molar-refractivity contribution in [1.82, 2.24) is 4.31 Å². The van der Waals surface area contributed by atoms with Gasteiger partial charge in [-0.25, -0.2) is 9.53 Å². The Bertz CT molecular complexity index is 490. The lowest BCUT2D eigenvalue weighted by atomic mass is 10.1. The van der Waals surface area contributed by atoms with Crippen LogP contribution in [0.25, 0.3) is 0 Å². The molecule has 1 heterocycles. The summed E-state index contributed by atoms with van der Waals surface area (Å²) in [7, 11) is -3.71. The van der Waals surface area contributed by atoms with Gasteiger partial charge >= 0.3 is 0 Å². The zero-order valence-corrected chi connectivity index (χ0v) is 10.7. The van der Waals surface area contributed by atoms with Crippen LogP contribution in [-0.4, -0.2) is 30.8 Å². The van der Waals surface area contributed by atoms with E-state index in [0.717, 1.165) is 11.3 Å². The average molecular weight is 276 g/mol. The van der Waals surface area contributed by atoms with E-state index in [4.69, 9.17) is 5.14 Å². The highest BCUT2D eigenvalue weighted by atomic mass is 32.2. The van der Waals surface area contributed by atoms with Crippen molar-refractivity contribution in [2.45, 2.75) is 6.04 Å². The van der Waals surface area contributed by atoms with Crippen LogP contribution >= 0.6 is 11.8 Å². The Morgan fingerprint density at radius 1 is 1.35 bits per heavy atom. The molecule has 1 aromatic rings. The maximum Gasteiger partial charge on any atom is 0.277 e. The first kappa shape index (κ1) is 12.8. The number of hydrogen-bond donors (Lipinski definition) is 1. The molecule has 0 aliphatic carbocycles. The first-order valence-electron chi connectivity index (χ1n) is 5.11. The first-order valence-corrected chi connectivity index (χ1v) is 7.77. The van der Waals surface area contributed by atoms with Crippen LogP contribution in [-0.2, 0) is 10.2 Å². The van der Waals surface area contributed by atoms with Crippen LogP contribution in [0.1, 0.15) is 11.6 Å². The number of halogens is 1. The number of thioether (sulfide) groups is 1. The van der Waals surface area contributed by atoms with Crippen molar-refractivity contribution >= 4 is 22.0 Å². The maximum absolute atomic E-state index is 12.8. The molecule has 0 spiro atoms. The molecule has 1 aromatic carbocycles. The fraction of sp³-hybridized carbons (Fsp3) is 0.400. The third kappa shape index (κ3) is 2.98. The van der Waals surface area contributed by atoms with Crippen molar-refractivity contribution in [3.63, 3.8) is 0 Å². The summed E-state index contributed by atoms with van der Waals surface area (Å²) in [5.74, 6) is 1.04. The normalized spacial score (nSPS) is 22.6. The fourth-order valence-electron chi connectivity index (χ4n) is 1.84. The third-order valence-corrected chi connectivity index (χ3v) is 4.77. The number of rotatable bonds is 2. The van der Waals surface area contributed by atoms with Gasteiger partial charge in [-0.05, 0) is 17.7 Å². The van der Waals surface area contributed by atoms with Crippen LogP contribution in [0.2, 0.25) is 0 Å². The van der Waals surface area contributed by atoms with Crippen LogP contribution in [0.3, 0.4) is 0 Å². The van der Waals surface area contributed by atoms with Crippen LogP contribution in [0.15, 0.2) is 24.3 Å². The van der Waals surface area contributed by atoms with E-state index in [1.807, 2.05) is 0 Å². The van der Waals surface area contributed by atoms with Gasteiger partial charge in [-0.2, -0.15) is 24.5 Å². The highest BCUT2D eigenvalue weighted by Gasteiger charge is 2.31. The first-order chi connectivity index (χ1) is 7.98. The van der Waals surface area contributed by atoms with Gasteiger partial charge in [0.1, 0.15) is 5.82 Å². The van der Waals surface area contributed by atoms with Crippen LogP contribution in [0.5, 0.6) is 0 Å². The van der Waals surface area contributed by atoms with Crippen molar-refractivity contribution < 1.29 is 12.8 Å². The Morgan fingerprint density at radius 2 is 2.00 bits per heavy atom. The zero-order chi connectivity index (χ0) is 12.5. The van der Waals surface area contributed by atoms with Crippen LogP contribution in [0, 0.1) is 5.82 Å². The van der Waals surface area contributed by atoms with E-state index in [2.05, 4.69) is 0 Å². The molecule has 1 unspecified atom stereocenters. The molecule has 94 valence electrons. The SMILES string of the molecule is NS(=O)(=O)N1CCSCC1c1ccc(F)cc1. The molecule has 4 nitrogen and oxygen atoms in total. The van der Waals surface area contributed by atoms with Gasteiger partial charge in [-0.3, -0.25) is 0 Å². The monoisotopic (exact) mass is 276 g/mol. The van der Waals surface area contributed by atoms with E-state index < -0.39 is 10.2 Å². The third-order valence-electron chi connectivity index (χ3n) is 2.66. The van der Waals surface area contributed by atoms with Gasteiger partial charge < -0.3 is 0 Å². The number of nitrogens with two attached hydrogens (primary N) is 1. The minimum Gasteiger partial charge on any atom is -0.216 e. The lowest BCUT2D eigenvalue weighted by Crippen LogP contribution is -2.44. The number of benzene rings is 1. The lowest BCUT2D eigenvalue weighted by molar-refractivity contribution is 0.356. The van der Waals surface area contributed by atoms with Crippen LogP contribution in [0.4, 0.5) is 4.39 Å². The van der Waals surface area contributed by atoms with E-state index in [0.29, 0.717) is 12.3 Å². The van der Waals surface area contributed by atoms with Gasteiger partial charge in [0.25, 0.3) is 10.2 Å². The summed E-state index contributed by atoms with van der Waals surface area (Å²) in [4.78, 5) is 0. The Morgan fingerprint density at radius 3 is 2.59 bits per heavy atom. The number of hydrogen-bond acceptors (Lipinski definition) is 3. The molecule has 0 bridgehead atoms. The molecule has 0 saturated carbocycles. The van der Waals surface area contributed by atoms with Gasteiger partial charge in [0.15, 0.2) is 0 Å². The van der Waals surface area contributed by atoms with Gasteiger partial charge in [0, 0.05) is 18.1 Å². The molecule has 1 saturated heterocycles. The summed E-state index contributed by atoms with van der Waals surface area (Å²) in [6, 6.07) is 5.56. The summed E-state index contributed by atoms with van der Waals surface area (Å²) >= 11 is 1.67. The second-order valence-corrected chi connectivity index (χ2v) is 6.45. The van der Waals surface area contributed by atoms with Crippen molar-refractivity contribution in [2.24, 2.45) is 5.14 Å². The smallest absolute Gasteiger partial charge is 0.216 e. The highest BCUT2D eigenvalue weighted by Crippen LogP contribution is 2.30. The minimum atomic E-state index is -3.71. The minimum absolute atomic E-state index is 0.302. The molecule has 17 heavy (non-hydrogen) atoms. The molecule has 1 atom stereocenters. The summed E-state index contributed by atoms with van der Waals surface area (Å²) in [5.41, 5.74) is 0.771. The topological polar surface area (TPSA) is 63.4 Å². The molecule has 0 radical (unpaired) electrons. The predicted octanol–water partition coefficient (Wildman–Crippen LogP) is 1.12. The van der Waals surface area contributed by atoms with E-state index >= 15 is 0 Å². The second-order valence-electron chi connectivity index (χ2n) is 3.80. The Kier molecular flexibility index (Phi) is 3.72. The molecule has 1 aliphatic heterocycles. The van der Waals surface area contributed by atoms with Crippen molar-refractivity contribution in [2.75, 3.05) is 18.1 Å². The largest absolute Gasteiger partial charge is 0.277 e. The molecule has 2 N–H and O–H groups in total. The van der Waals surface area contributed by atoms with Gasteiger partial charge in [-0.1, -0.05) is 12.1 Å². The molecule has 1 aliphatic rings. The molecule has 0 amide bonds. The lowest BCUT2D eigenvalue weighted by Gasteiger charge is -2.33. The molecule has 0 aromatic heterocycles. The summed E-state index contributed by atoms with van der Waals surface area (Å²) in [6.45, 7) is 0.394. The van der Waals surface area contributed by atoms with Crippen molar-refractivity contribution in [1.29, 1.82) is 0 Å². The summed E-state index contributed by atoms with van der Waals surface area (Å²) in [6.07, 6.45) is 0. The zero-order valence-electron chi connectivity index (χ0n) is 9.04. The standard InChI is InChI=1S/C10H13FN2O2S2/c11-9-3-1-8(2-4-9)10-7-16-6-5-13(10)17(12,14)15/h1-4,10H,5-7H2,(H2,12,14,15). The van der Waals surface area contributed by atoms with Crippen molar-refractivity contribution in [3.8, 4) is 0 Å². The Labute approximate surface area is 104 Å². The molecular formula is C10H13FN2O2S2. The van der Waals surface area contributed by atoms with Gasteiger partial charge in [0.2, 0.25) is 0 Å². The second kappa shape index (κ2) is 4.93. The van der Waals surface area contributed by atoms with Gasteiger partial charge in [0.05, 0.1) is 6.04 Å². The summed E-state index contributed by atoms with van der Waals surface area (Å²) in [5, 5.41) is 5.18. The quantitative estimate of drug-likeness (QED) is 0.880. The Hall–Kier alpha value is -0.630. The van der Waals surface area contributed by atoms with Crippen molar-refractivity contribution in [3.05, 3.63) is 35.6 Å². The van der Waals surface area contributed by atoms with E-state index in [-0.39, 0.29) is 11.9 Å². The van der Waals surface area contributed by atoms with Gasteiger partial charge in [-0.15, -0.1) is 0 Å². The van der Waals surface area contributed by atoms with E-state index in [1.54, 1.807) is 23.9 Å². The van der Waals surface area contributed by atoms with Crippen LogP contribution < -0.4 is 5.14 Å². The Balaban J connectivity index is 2.31. The average Bonchev–Trinajstić information content (AvgIpc) is 2.29. The molecule has 2 rings (SSSR count). The summed E-state index contributed by atoms with van der Waals surface area (Å²) < 4.78 is 37.0. The van der Waals surface area contributed by atoms with E-state index in [1.165, 1.54) is 16.4 Å². The molecular weight excluding hydrogens is 263 g/mol. The van der Waals surface area contributed by atoms with E-state index in [9.17, 15) is 12.8 Å². The fourth-order valence-corrected chi connectivity index (χ4v) is 4.04. The molecule has 7 heteroatoms. The maximum atomic E-state index is 12.8. The molecule has 1 fully saturated rings. The predicted molar refractivity (Wildman–Crippen MR) is 66.3 cm³/mol. The highest BCUT2D eigenvalue weighted by molar-refractivity contribution is 7.99. The number of nitrogens with zero attached hydrogens (tertiary/aromatic N) is 1.